The van der Waals surface area contributed by atoms with Crippen molar-refractivity contribution in [2.24, 2.45) is 11.8 Å². The molecule has 3 aromatic carbocycles. The fourth-order valence-corrected chi connectivity index (χ4v) is 7.20. The number of carbonyl (C=O) groups excluding carboxylic acids is 3. The minimum atomic E-state index is -4.56. The molecule has 0 unspecified atom stereocenters. The van der Waals surface area contributed by atoms with Crippen molar-refractivity contribution >= 4 is 23.7 Å². The summed E-state index contributed by atoms with van der Waals surface area (Å²) in [6, 6.07) is 22.6. The average Bonchev–Trinajstić information content (AvgIpc) is 3.67. The van der Waals surface area contributed by atoms with Crippen LogP contribution < -0.4 is 4.90 Å². The molecule has 0 aromatic heterocycles. The number of ether oxygens (including phenoxy) is 2. The molecule has 3 saturated heterocycles. The Bertz CT molecular complexity index is 1580. The van der Waals surface area contributed by atoms with E-state index in [1.807, 2.05) is 65.6 Å². The summed E-state index contributed by atoms with van der Waals surface area (Å²) < 4.78 is 52.4. The number of benzene rings is 3. The summed E-state index contributed by atoms with van der Waals surface area (Å²) in [4.78, 5) is 45.0. The van der Waals surface area contributed by atoms with Gasteiger partial charge in [0.05, 0.1) is 30.6 Å². The molecule has 0 aliphatic carbocycles. The van der Waals surface area contributed by atoms with E-state index in [0.717, 1.165) is 23.3 Å². The predicted octanol–water partition coefficient (Wildman–Crippen LogP) is 5.90. The van der Waals surface area contributed by atoms with Crippen LogP contribution in [0.5, 0.6) is 0 Å². The van der Waals surface area contributed by atoms with Gasteiger partial charge in [0.25, 0.3) is 0 Å². The summed E-state index contributed by atoms with van der Waals surface area (Å²) in [5.74, 6) is -2.23. The number of hydrogen-bond donors (Lipinski definition) is 0. The van der Waals surface area contributed by atoms with Gasteiger partial charge in [-0.05, 0) is 48.1 Å². The highest BCUT2D eigenvalue weighted by atomic mass is 19.4. The van der Waals surface area contributed by atoms with Gasteiger partial charge in [-0.3, -0.25) is 14.5 Å². The predicted molar refractivity (Wildman–Crippen MR) is 168 cm³/mol. The van der Waals surface area contributed by atoms with Gasteiger partial charge in [-0.25, -0.2) is 9.69 Å². The molecule has 0 bridgehead atoms. The van der Waals surface area contributed by atoms with Crippen LogP contribution >= 0.6 is 0 Å². The van der Waals surface area contributed by atoms with E-state index in [2.05, 4.69) is 4.90 Å². The van der Waals surface area contributed by atoms with Gasteiger partial charge < -0.3 is 14.4 Å². The summed E-state index contributed by atoms with van der Waals surface area (Å²) in [6.07, 6.45) is -3.95. The number of amides is 2. The van der Waals surface area contributed by atoms with E-state index in [-0.39, 0.29) is 24.4 Å². The van der Waals surface area contributed by atoms with E-state index >= 15 is 0 Å². The normalized spacial score (nSPS) is 22.4. The maximum atomic E-state index is 14.5. The third-order valence-electron chi connectivity index (χ3n) is 9.60. The van der Waals surface area contributed by atoms with Crippen LogP contribution in [0.25, 0.3) is 0 Å². The SMILES string of the molecule is COC(=O)C1CCN(c2cc(C(F)(F)F)ccc2[C@H]2CN(Cc3ccccc3)C[C@@H]2C(=O)N2C(=O)OC[C@H]2Cc2ccccc2)CC1. The highest BCUT2D eigenvalue weighted by Gasteiger charge is 2.47. The van der Waals surface area contributed by atoms with E-state index in [1.54, 1.807) is 0 Å². The molecule has 3 atom stereocenters. The number of alkyl halides is 3. The van der Waals surface area contributed by atoms with Crippen molar-refractivity contribution in [1.29, 1.82) is 0 Å². The molecule has 0 N–H and O–H groups in total. The molecule has 3 heterocycles. The van der Waals surface area contributed by atoms with Crippen molar-refractivity contribution in [3.63, 3.8) is 0 Å². The van der Waals surface area contributed by atoms with Gasteiger partial charge in [-0.15, -0.1) is 0 Å². The number of likely N-dealkylation sites (tertiary alicyclic amines) is 1. The molecule has 3 aliphatic heterocycles. The third-order valence-corrected chi connectivity index (χ3v) is 9.60. The fourth-order valence-electron chi connectivity index (χ4n) is 7.20. The second-order valence-electron chi connectivity index (χ2n) is 12.6. The molecule has 0 spiro atoms. The van der Waals surface area contributed by atoms with E-state index in [1.165, 1.54) is 18.1 Å². The van der Waals surface area contributed by atoms with Gasteiger partial charge in [-0.1, -0.05) is 66.7 Å². The second kappa shape index (κ2) is 13.8. The third kappa shape index (κ3) is 7.15. The van der Waals surface area contributed by atoms with Crippen LogP contribution in [0.3, 0.4) is 0 Å². The summed E-state index contributed by atoms with van der Waals surface area (Å²) in [7, 11) is 1.33. The number of anilines is 1. The largest absolute Gasteiger partial charge is 0.469 e. The van der Waals surface area contributed by atoms with Crippen molar-refractivity contribution in [1.82, 2.24) is 9.80 Å². The Hall–Kier alpha value is -4.38. The molecule has 8 nitrogen and oxygen atoms in total. The summed E-state index contributed by atoms with van der Waals surface area (Å²) in [5.41, 5.74) is 2.24. The van der Waals surface area contributed by atoms with Crippen molar-refractivity contribution in [3.8, 4) is 0 Å². The number of halogens is 3. The highest BCUT2D eigenvalue weighted by molar-refractivity contribution is 5.95. The molecule has 47 heavy (non-hydrogen) atoms. The highest BCUT2D eigenvalue weighted by Crippen LogP contribution is 2.43. The number of carbonyl (C=O) groups is 3. The average molecular weight is 650 g/mol. The molecule has 248 valence electrons. The molecule has 0 radical (unpaired) electrons. The van der Waals surface area contributed by atoms with Crippen molar-refractivity contribution in [3.05, 3.63) is 101 Å². The van der Waals surface area contributed by atoms with Gasteiger partial charge in [0, 0.05) is 44.3 Å². The van der Waals surface area contributed by atoms with Gasteiger partial charge >= 0.3 is 18.2 Å². The molecule has 3 aromatic rings. The Morgan fingerprint density at radius 2 is 1.57 bits per heavy atom. The van der Waals surface area contributed by atoms with E-state index in [9.17, 15) is 27.6 Å². The number of hydrogen-bond acceptors (Lipinski definition) is 7. The van der Waals surface area contributed by atoms with Crippen LogP contribution in [0.15, 0.2) is 78.9 Å². The number of methoxy groups -OCH3 is 1. The lowest BCUT2D eigenvalue weighted by atomic mass is 9.85. The smallest absolute Gasteiger partial charge is 0.416 e. The summed E-state index contributed by atoms with van der Waals surface area (Å²) >= 11 is 0. The van der Waals surface area contributed by atoms with Crippen LogP contribution in [-0.2, 0) is 38.2 Å². The topological polar surface area (TPSA) is 79.4 Å². The first-order valence-electron chi connectivity index (χ1n) is 16.0. The van der Waals surface area contributed by atoms with Crippen LogP contribution in [0.4, 0.5) is 23.7 Å². The van der Waals surface area contributed by atoms with E-state index < -0.39 is 35.7 Å². The first kappa shape index (κ1) is 32.6. The second-order valence-corrected chi connectivity index (χ2v) is 12.6. The lowest BCUT2D eigenvalue weighted by molar-refractivity contribution is -0.146. The summed E-state index contributed by atoms with van der Waals surface area (Å²) in [6.45, 7) is 2.08. The lowest BCUT2D eigenvalue weighted by Gasteiger charge is -2.36. The fraction of sp³-hybridized carbons (Fsp3) is 0.417. The van der Waals surface area contributed by atoms with E-state index in [0.29, 0.717) is 63.2 Å². The number of nitrogens with zero attached hydrogens (tertiary/aromatic N) is 3. The number of esters is 1. The van der Waals surface area contributed by atoms with Gasteiger partial charge in [0.15, 0.2) is 0 Å². The maximum absolute atomic E-state index is 14.5. The van der Waals surface area contributed by atoms with Gasteiger partial charge in [0.2, 0.25) is 5.91 Å². The molecular formula is C36H38F3N3O5. The first-order valence-corrected chi connectivity index (χ1v) is 16.0. The van der Waals surface area contributed by atoms with Crippen LogP contribution in [-0.4, -0.2) is 73.7 Å². The Morgan fingerprint density at radius 1 is 0.915 bits per heavy atom. The number of piperidine rings is 1. The quantitative estimate of drug-likeness (QED) is 0.281. The zero-order chi connectivity index (χ0) is 33.1. The molecule has 3 fully saturated rings. The van der Waals surface area contributed by atoms with Crippen molar-refractivity contribution < 1.29 is 37.0 Å². The van der Waals surface area contributed by atoms with Crippen molar-refractivity contribution in [2.45, 2.75) is 43.9 Å². The molecule has 6 rings (SSSR count). The molecule has 3 aliphatic rings. The number of cyclic esters (lactones) is 1. The minimum Gasteiger partial charge on any atom is -0.469 e. The molecule has 11 heteroatoms. The van der Waals surface area contributed by atoms with E-state index in [4.69, 9.17) is 9.47 Å². The number of rotatable bonds is 8. The Morgan fingerprint density at radius 3 is 2.21 bits per heavy atom. The molecular weight excluding hydrogens is 611 g/mol. The molecule has 0 saturated carbocycles. The maximum Gasteiger partial charge on any atom is 0.416 e. The first-order chi connectivity index (χ1) is 22.6. The van der Waals surface area contributed by atoms with Crippen LogP contribution in [0.1, 0.15) is 41.0 Å². The Labute approximate surface area is 272 Å². The monoisotopic (exact) mass is 649 g/mol. The van der Waals surface area contributed by atoms with Crippen molar-refractivity contribution in [2.75, 3.05) is 44.8 Å². The lowest BCUT2D eigenvalue weighted by Crippen LogP contribution is -2.45. The van der Waals surface area contributed by atoms with Crippen LogP contribution in [0.2, 0.25) is 0 Å². The van der Waals surface area contributed by atoms with Gasteiger partial charge in [0.1, 0.15) is 6.61 Å². The summed E-state index contributed by atoms with van der Waals surface area (Å²) in [5, 5.41) is 0. The molecule has 2 amide bonds. The zero-order valence-corrected chi connectivity index (χ0v) is 26.2. The number of imide groups is 1. The Balaban J connectivity index is 1.35. The van der Waals surface area contributed by atoms with Crippen LogP contribution in [0, 0.1) is 11.8 Å². The zero-order valence-electron chi connectivity index (χ0n) is 26.2. The Kier molecular flexibility index (Phi) is 9.54. The van der Waals surface area contributed by atoms with Gasteiger partial charge in [-0.2, -0.15) is 13.2 Å². The standard InChI is InChI=1S/C36H38F3N3O5/c1-46-34(44)26-14-16-41(17-15-26)32-19-27(36(37,38)39)12-13-29(32)30-21-40(20-25-10-6-3-7-11-25)22-31(30)33(43)42-28(23-47-35(42)45)18-24-8-4-2-5-9-24/h2-13,19,26,28,30-31H,14-18,20-23H2,1H3/t28-,30-,31+/m1/s1. The minimum absolute atomic E-state index is 0.0747.